The zero-order chi connectivity index (χ0) is 26.5. The first-order valence-corrected chi connectivity index (χ1v) is 14.4. The summed E-state index contributed by atoms with van der Waals surface area (Å²) in [6, 6.07) is 6.17. The summed E-state index contributed by atoms with van der Waals surface area (Å²) in [6.45, 7) is 6.93. The molecule has 5 rings (SSSR count). The van der Waals surface area contributed by atoms with Crippen molar-refractivity contribution in [3.05, 3.63) is 36.2 Å². The second kappa shape index (κ2) is 9.21. The Kier molecular flexibility index (Phi) is 6.44. The van der Waals surface area contributed by atoms with Crippen LogP contribution in [0.2, 0.25) is 0 Å². The molecular weight excluding hydrogens is 492 g/mol. The molecule has 2 aliphatic carbocycles. The number of hydrogen-bond donors (Lipinski definition) is 4. The predicted molar refractivity (Wildman–Crippen MR) is 142 cm³/mol. The summed E-state index contributed by atoms with van der Waals surface area (Å²) in [5.41, 5.74) is 0.00475. The molecule has 0 unspecified atom stereocenters. The van der Waals surface area contributed by atoms with Gasteiger partial charge in [0.25, 0.3) is 5.91 Å². The van der Waals surface area contributed by atoms with Gasteiger partial charge in [0.15, 0.2) is 11.5 Å². The van der Waals surface area contributed by atoms with Crippen molar-refractivity contribution in [1.29, 1.82) is 0 Å². The summed E-state index contributed by atoms with van der Waals surface area (Å²) < 4.78 is 28.2. The second-order valence-corrected chi connectivity index (χ2v) is 13.5. The Morgan fingerprint density at radius 1 is 1.11 bits per heavy atom. The van der Waals surface area contributed by atoms with Gasteiger partial charge in [-0.3, -0.25) is 4.79 Å². The van der Waals surface area contributed by atoms with Gasteiger partial charge in [0.1, 0.15) is 5.82 Å². The third kappa shape index (κ3) is 5.89. The van der Waals surface area contributed by atoms with E-state index in [1.165, 1.54) is 31.2 Å². The fraction of sp³-hybridized carbons (Fsp3) is 0.577. The van der Waals surface area contributed by atoms with E-state index in [0.29, 0.717) is 22.7 Å². The van der Waals surface area contributed by atoms with Crippen LogP contribution in [-0.2, 0) is 10.0 Å². The minimum Gasteiger partial charge on any atom is -0.394 e. The molecule has 1 aromatic carbocycles. The molecule has 3 aliphatic rings. The van der Waals surface area contributed by atoms with Gasteiger partial charge >= 0.3 is 0 Å². The second-order valence-electron chi connectivity index (χ2n) is 11.8. The van der Waals surface area contributed by atoms with Crippen LogP contribution >= 0.6 is 0 Å². The van der Waals surface area contributed by atoms with E-state index in [2.05, 4.69) is 25.2 Å². The third-order valence-electron chi connectivity index (χ3n) is 7.44. The highest BCUT2D eigenvalue weighted by molar-refractivity contribution is 7.89. The molecule has 0 bridgehead atoms. The Morgan fingerprint density at radius 2 is 1.81 bits per heavy atom. The average Bonchev–Trinajstić information content (AvgIpc) is 3.77. The standard InChI is InChI=1S/C26H36N6O4S/c1-24(2,3)31-37(35,36)19-6-4-5-18(15-19)28-23(34)21-22(32-13-11-25(7-8-25)12-14-32)29-20(16-27-21)30-26(17-33)9-10-26/h4-6,15-16,31,33H,7-14,17H2,1-3H3,(H,28,34)(H,29,30). The molecule has 1 spiro atoms. The lowest BCUT2D eigenvalue weighted by Gasteiger charge is -2.33. The zero-order valence-electron chi connectivity index (χ0n) is 21.7. The molecule has 1 aliphatic heterocycles. The quantitative estimate of drug-likeness (QED) is 0.410. The minimum absolute atomic E-state index is 0.0157. The van der Waals surface area contributed by atoms with E-state index in [4.69, 9.17) is 4.98 Å². The molecule has 11 heteroatoms. The summed E-state index contributed by atoms with van der Waals surface area (Å²) in [4.78, 5) is 24.8. The van der Waals surface area contributed by atoms with Crippen molar-refractivity contribution in [2.75, 3.05) is 35.2 Å². The van der Waals surface area contributed by atoms with Gasteiger partial charge in [-0.15, -0.1) is 0 Å². The number of anilines is 3. The molecule has 2 saturated carbocycles. The Labute approximate surface area is 218 Å². The molecule has 2 heterocycles. The third-order valence-corrected chi connectivity index (χ3v) is 9.20. The van der Waals surface area contributed by atoms with Gasteiger partial charge in [0.2, 0.25) is 10.0 Å². The number of hydrogen-bond acceptors (Lipinski definition) is 8. The number of nitrogens with zero attached hydrogens (tertiary/aromatic N) is 3. The first-order valence-electron chi connectivity index (χ1n) is 12.9. The van der Waals surface area contributed by atoms with Crippen LogP contribution in [0, 0.1) is 5.41 Å². The van der Waals surface area contributed by atoms with Gasteiger partial charge in [0.05, 0.1) is 23.2 Å². The Balaban J connectivity index is 1.39. The SMILES string of the molecule is CC(C)(C)NS(=O)(=O)c1cccc(NC(=O)c2ncc(NC3(CO)CC3)nc2N2CCC3(CC2)CC3)c1. The number of piperidine rings is 1. The first-order chi connectivity index (χ1) is 17.4. The summed E-state index contributed by atoms with van der Waals surface area (Å²) in [5.74, 6) is 0.582. The minimum atomic E-state index is -3.76. The number of benzene rings is 1. The van der Waals surface area contributed by atoms with E-state index < -0.39 is 21.5 Å². The number of carbonyl (C=O) groups is 1. The van der Waals surface area contributed by atoms with Gasteiger partial charge in [-0.1, -0.05) is 6.07 Å². The van der Waals surface area contributed by atoms with E-state index in [1.54, 1.807) is 32.9 Å². The summed E-state index contributed by atoms with van der Waals surface area (Å²) >= 11 is 0. The van der Waals surface area contributed by atoms with Gasteiger partial charge in [-0.2, -0.15) is 0 Å². The first kappa shape index (κ1) is 25.9. The van der Waals surface area contributed by atoms with E-state index in [0.717, 1.165) is 38.8 Å². The van der Waals surface area contributed by atoms with Crippen LogP contribution in [0.5, 0.6) is 0 Å². The van der Waals surface area contributed by atoms with E-state index >= 15 is 0 Å². The molecule has 4 N–H and O–H groups in total. The van der Waals surface area contributed by atoms with E-state index in [9.17, 15) is 18.3 Å². The highest BCUT2D eigenvalue weighted by Crippen LogP contribution is 2.54. The molecule has 3 fully saturated rings. The summed E-state index contributed by atoms with van der Waals surface area (Å²) in [5, 5.41) is 15.8. The number of carbonyl (C=O) groups excluding carboxylic acids is 1. The number of aromatic nitrogens is 2. The van der Waals surface area contributed by atoms with Crippen molar-refractivity contribution in [3.8, 4) is 0 Å². The number of amides is 1. The Morgan fingerprint density at radius 3 is 2.41 bits per heavy atom. The Bertz CT molecular complexity index is 1290. The Hall–Kier alpha value is -2.76. The number of aliphatic hydroxyl groups excluding tert-OH is 1. The summed E-state index contributed by atoms with van der Waals surface area (Å²) in [6.07, 6.45) is 7.90. The molecule has 0 atom stereocenters. The number of sulfonamides is 1. The lowest BCUT2D eigenvalue weighted by atomic mass is 9.93. The maximum Gasteiger partial charge on any atom is 0.278 e. The smallest absolute Gasteiger partial charge is 0.278 e. The molecule has 1 amide bonds. The van der Waals surface area contributed by atoms with Crippen LogP contribution in [0.25, 0.3) is 0 Å². The topological polar surface area (TPSA) is 137 Å². The highest BCUT2D eigenvalue weighted by atomic mass is 32.2. The van der Waals surface area contributed by atoms with Gasteiger partial charge in [-0.05, 0) is 82.9 Å². The van der Waals surface area contributed by atoms with Gasteiger partial charge in [0, 0.05) is 24.3 Å². The van der Waals surface area contributed by atoms with Crippen LogP contribution in [0.15, 0.2) is 35.4 Å². The predicted octanol–water partition coefficient (Wildman–Crippen LogP) is 3.12. The maximum atomic E-state index is 13.4. The zero-order valence-corrected chi connectivity index (χ0v) is 22.5. The molecule has 1 saturated heterocycles. The fourth-order valence-electron chi connectivity index (χ4n) is 4.83. The molecule has 10 nitrogen and oxygen atoms in total. The van der Waals surface area contributed by atoms with Crippen molar-refractivity contribution < 1.29 is 18.3 Å². The normalized spacial score (nSPS) is 19.9. The molecule has 1 aromatic heterocycles. The van der Waals surface area contributed by atoms with Crippen molar-refractivity contribution >= 4 is 33.3 Å². The molecule has 200 valence electrons. The van der Waals surface area contributed by atoms with Crippen molar-refractivity contribution in [2.24, 2.45) is 5.41 Å². The van der Waals surface area contributed by atoms with Crippen molar-refractivity contribution in [1.82, 2.24) is 14.7 Å². The van der Waals surface area contributed by atoms with Crippen LogP contribution in [0.3, 0.4) is 0 Å². The van der Waals surface area contributed by atoms with Crippen LogP contribution in [-0.4, -0.2) is 60.2 Å². The average molecular weight is 529 g/mol. The van der Waals surface area contributed by atoms with E-state index in [1.807, 2.05) is 0 Å². The van der Waals surface area contributed by atoms with Crippen LogP contribution in [0.1, 0.15) is 69.8 Å². The molecule has 0 radical (unpaired) electrons. The molecular formula is C26H36N6O4S. The number of rotatable bonds is 8. The molecule has 2 aromatic rings. The monoisotopic (exact) mass is 528 g/mol. The molecule has 37 heavy (non-hydrogen) atoms. The van der Waals surface area contributed by atoms with Crippen LogP contribution < -0.4 is 20.3 Å². The largest absolute Gasteiger partial charge is 0.394 e. The van der Waals surface area contributed by atoms with Crippen molar-refractivity contribution in [3.63, 3.8) is 0 Å². The van der Waals surface area contributed by atoms with Crippen LogP contribution in [0.4, 0.5) is 17.3 Å². The van der Waals surface area contributed by atoms with Crippen molar-refractivity contribution in [2.45, 2.75) is 75.3 Å². The summed E-state index contributed by atoms with van der Waals surface area (Å²) in [7, 11) is -3.76. The van der Waals surface area contributed by atoms with E-state index in [-0.39, 0.29) is 22.7 Å². The fourth-order valence-corrected chi connectivity index (χ4v) is 6.29. The van der Waals surface area contributed by atoms with Gasteiger partial charge in [-0.25, -0.2) is 23.1 Å². The lowest BCUT2D eigenvalue weighted by molar-refractivity contribution is 0.102. The lowest BCUT2D eigenvalue weighted by Crippen LogP contribution is -2.40. The van der Waals surface area contributed by atoms with Gasteiger partial charge < -0.3 is 20.6 Å². The highest BCUT2D eigenvalue weighted by Gasteiger charge is 2.45. The maximum absolute atomic E-state index is 13.4. The number of aliphatic hydroxyl groups is 1. The number of nitrogens with one attached hydrogen (secondary N) is 3.